The molecule has 1 unspecified atom stereocenters. The van der Waals surface area contributed by atoms with E-state index in [0.717, 1.165) is 19.0 Å². The Morgan fingerprint density at radius 3 is 2.75 bits per heavy atom. The van der Waals surface area contributed by atoms with E-state index < -0.39 is 6.36 Å². The number of hydrogen-bond donors (Lipinski definition) is 2. The third kappa shape index (κ3) is 4.90. The molecule has 0 radical (unpaired) electrons. The monoisotopic (exact) mass is 310 g/mol. The number of amides is 1. The molecule has 0 bridgehead atoms. The Bertz CT molecular complexity index is 462. The van der Waals surface area contributed by atoms with Gasteiger partial charge in [0.05, 0.1) is 5.92 Å². The van der Waals surface area contributed by atoms with Gasteiger partial charge < -0.3 is 15.4 Å². The Labute approximate surface area is 120 Å². The zero-order chi connectivity index (χ0) is 13.9. The minimum atomic E-state index is -4.74. The van der Waals surface area contributed by atoms with E-state index in [1.54, 1.807) is 0 Å². The molecule has 4 nitrogen and oxygen atoms in total. The van der Waals surface area contributed by atoms with Crippen molar-refractivity contribution in [2.45, 2.75) is 12.8 Å². The van der Waals surface area contributed by atoms with Gasteiger partial charge in [0.2, 0.25) is 5.91 Å². The number of alkyl halides is 3. The van der Waals surface area contributed by atoms with E-state index in [1.807, 2.05) is 0 Å². The highest BCUT2D eigenvalue weighted by Gasteiger charge is 2.31. The molecule has 0 spiro atoms. The molecule has 1 fully saturated rings. The molecule has 1 aromatic carbocycles. The summed E-state index contributed by atoms with van der Waals surface area (Å²) < 4.78 is 40.0. The normalized spacial score (nSPS) is 18.2. The Balaban J connectivity index is 0.00000200. The zero-order valence-corrected chi connectivity index (χ0v) is 11.2. The van der Waals surface area contributed by atoms with Gasteiger partial charge in [0.1, 0.15) is 5.75 Å². The Kier molecular flexibility index (Phi) is 5.64. The maximum absolute atomic E-state index is 12.1. The fraction of sp³-hybridized carbons (Fsp3) is 0.417. The Hall–Kier alpha value is -1.47. The molecule has 1 heterocycles. The molecule has 0 aliphatic carbocycles. The number of carbonyl (C=O) groups excluding carboxylic acids is 1. The van der Waals surface area contributed by atoms with Crippen LogP contribution < -0.4 is 15.4 Å². The van der Waals surface area contributed by atoms with Gasteiger partial charge in [-0.25, -0.2) is 0 Å². The summed E-state index contributed by atoms with van der Waals surface area (Å²) in [6, 6.07) is 5.24. The molecule has 112 valence electrons. The van der Waals surface area contributed by atoms with E-state index in [0.29, 0.717) is 12.2 Å². The van der Waals surface area contributed by atoms with Crippen molar-refractivity contribution < 1.29 is 22.7 Å². The van der Waals surface area contributed by atoms with Crippen molar-refractivity contribution >= 4 is 24.0 Å². The van der Waals surface area contributed by atoms with Gasteiger partial charge in [-0.3, -0.25) is 4.79 Å². The minimum Gasteiger partial charge on any atom is -0.406 e. The van der Waals surface area contributed by atoms with Gasteiger partial charge >= 0.3 is 6.36 Å². The quantitative estimate of drug-likeness (QED) is 0.902. The SMILES string of the molecule is Cl.O=C(Nc1cccc(OC(F)(F)F)c1)C1CCNC1. The first-order valence-electron chi connectivity index (χ1n) is 5.81. The van der Waals surface area contributed by atoms with E-state index >= 15 is 0 Å². The lowest BCUT2D eigenvalue weighted by atomic mass is 10.1. The molecule has 0 aromatic heterocycles. The number of hydrogen-bond acceptors (Lipinski definition) is 3. The third-order valence-electron chi connectivity index (χ3n) is 2.77. The van der Waals surface area contributed by atoms with E-state index in [1.165, 1.54) is 18.2 Å². The summed E-state index contributed by atoms with van der Waals surface area (Å²) in [4.78, 5) is 11.8. The van der Waals surface area contributed by atoms with Crippen LogP contribution in [0.5, 0.6) is 5.75 Å². The Morgan fingerprint density at radius 2 is 2.15 bits per heavy atom. The highest BCUT2D eigenvalue weighted by Crippen LogP contribution is 2.25. The van der Waals surface area contributed by atoms with Crippen LogP contribution in [0.2, 0.25) is 0 Å². The molecule has 1 aliphatic rings. The number of halogens is 4. The average Bonchev–Trinajstić information content (AvgIpc) is 2.80. The van der Waals surface area contributed by atoms with Crippen molar-refractivity contribution in [1.82, 2.24) is 5.32 Å². The second-order valence-electron chi connectivity index (χ2n) is 4.25. The smallest absolute Gasteiger partial charge is 0.406 e. The summed E-state index contributed by atoms with van der Waals surface area (Å²) in [7, 11) is 0. The van der Waals surface area contributed by atoms with Crippen molar-refractivity contribution in [3.05, 3.63) is 24.3 Å². The highest BCUT2D eigenvalue weighted by molar-refractivity contribution is 5.93. The van der Waals surface area contributed by atoms with Crippen LogP contribution in [0.15, 0.2) is 24.3 Å². The van der Waals surface area contributed by atoms with Crippen LogP contribution in [-0.2, 0) is 4.79 Å². The van der Waals surface area contributed by atoms with E-state index in [2.05, 4.69) is 15.4 Å². The molecule has 2 N–H and O–H groups in total. The van der Waals surface area contributed by atoms with E-state index in [-0.39, 0.29) is 30.0 Å². The molecule has 1 aromatic rings. The second-order valence-corrected chi connectivity index (χ2v) is 4.25. The summed E-state index contributed by atoms with van der Waals surface area (Å²) in [5.74, 6) is -0.698. The fourth-order valence-electron chi connectivity index (χ4n) is 1.89. The van der Waals surface area contributed by atoms with Gasteiger partial charge in [0, 0.05) is 18.3 Å². The zero-order valence-electron chi connectivity index (χ0n) is 10.4. The molecule has 1 amide bonds. The van der Waals surface area contributed by atoms with Gasteiger partial charge in [-0.15, -0.1) is 25.6 Å². The first kappa shape index (κ1) is 16.6. The molecule has 1 atom stereocenters. The van der Waals surface area contributed by atoms with Gasteiger partial charge in [-0.05, 0) is 25.1 Å². The summed E-state index contributed by atoms with van der Waals surface area (Å²) in [6.45, 7) is 1.36. The molecule has 0 saturated carbocycles. The van der Waals surface area contributed by atoms with Gasteiger partial charge in [0.15, 0.2) is 0 Å². The number of carbonyl (C=O) groups is 1. The number of anilines is 1. The highest BCUT2D eigenvalue weighted by atomic mass is 35.5. The largest absolute Gasteiger partial charge is 0.573 e. The standard InChI is InChI=1S/C12H13F3N2O2.ClH/c13-12(14,15)19-10-3-1-2-9(6-10)17-11(18)8-4-5-16-7-8;/h1-3,6,8,16H,4-5,7H2,(H,17,18);1H. The van der Waals surface area contributed by atoms with Crippen molar-refractivity contribution in [2.75, 3.05) is 18.4 Å². The third-order valence-corrected chi connectivity index (χ3v) is 2.77. The van der Waals surface area contributed by atoms with Crippen LogP contribution in [0.1, 0.15) is 6.42 Å². The molecular formula is C12H14ClF3N2O2. The molecule has 8 heteroatoms. The van der Waals surface area contributed by atoms with E-state index in [9.17, 15) is 18.0 Å². The molecule has 20 heavy (non-hydrogen) atoms. The van der Waals surface area contributed by atoms with Crippen molar-refractivity contribution in [3.63, 3.8) is 0 Å². The number of ether oxygens (including phenoxy) is 1. The first-order chi connectivity index (χ1) is 8.94. The number of benzene rings is 1. The lowest BCUT2D eigenvalue weighted by Crippen LogP contribution is -2.24. The molecular weight excluding hydrogens is 297 g/mol. The van der Waals surface area contributed by atoms with Gasteiger partial charge in [-0.2, -0.15) is 0 Å². The Morgan fingerprint density at radius 1 is 1.40 bits per heavy atom. The molecule has 1 aliphatic heterocycles. The topological polar surface area (TPSA) is 50.4 Å². The van der Waals surface area contributed by atoms with Gasteiger partial charge in [0.25, 0.3) is 0 Å². The summed E-state index contributed by atoms with van der Waals surface area (Å²) >= 11 is 0. The average molecular weight is 311 g/mol. The predicted molar refractivity (Wildman–Crippen MR) is 70.0 cm³/mol. The lowest BCUT2D eigenvalue weighted by molar-refractivity contribution is -0.274. The maximum atomic E-state index is 12.1. The van der Waals surface area contributed by atoms with Crippen molar-refractivity contribution in [1.29, 1.82) is 0 Å². The molecule has 2 rings (SSSR count). The predicted octanol–water partition coefficient (Wildman–Crippen LogP) is 2.55. The summed E-state index contributed by atoms with van der Waals surface area (Å²) in [5, 5.41) is 5.63. The maximum Gasteiger partial charge on any atom is 0.573 e. The van der Waals surface area contributed by atoms with Gasteiger partial charge in [-0.1, -0.05) is 6.07 Å². The van der Waals surface area contributed by atoms with E-state index in [4.69, 9.17) is 0 Å². The first-order valence-corrected chi connectivity index (χ1v) is 5.81. The number of rotatable bonds is 3. The van der Waals surface area contributed by atoms with Crippen LogP contribution in [0.25, 0.3) is 0 Å². The van der Waals surface area contributed by atoms with Crippen molar-refractivity contribution in [2.24, 2.45) is 5.92 Å². The summed E-state index contributed by atoms with van der Waals surface area (Å²) in [5.41, 5.74) is 0.290. The summed E-state index contributed by atoms with van der Waals surface area (Å²) in [6.07, 6.45) is -4.01. The van der Waals surface area contributed by atoms with Crippen LogP contribution >= 0.6 is 12.4 Å². The van der Waals surface area contributed by atoms with Crippen molar-refractivity contribution in [3.8, 4) is 5.75 Å². The van der Waals surface area contributed by atoms with Crippen LogP contribution in [0, 0.1) is 5.92 Å². The van der Waals surface area contributed by atoms with Crippen LogP contribution in [-0.4, -0.2) is 25.4 Å². The second kappa shape index (κ2) is 6.81. The lowest BCUT2D eigenvalue weighted by Gasteiger charge is -2.12. The fourth-order valence-corrected chi connectivity index (χ4v) is 1.89. The molecule has 1 saturated heterocycles. The number of nitrogens with one attached hydrogen (secondary N) is 2. The van der Waals surface area contributed by atoms with Crippen LogP contribution in [0.4, 0.5) is 18.9 Å². The minimum absolute atomic E-state index is 0. The van der Waals surface area contributed by atoms with Crippen LogP contribution in [0.3, 0.4) is 0 Å².